The first kappa shape index (κ1) is 11.4. The number of carbonyl (C=O) groups excluding carboxylic acids is 2. The van der Waals surface area contributed by atoms with Crippen LogP contribution in [0.4, 0.5) is 0 Å². The van der Waals surface area contributed by atoms with E-state index >= 15 is 0 Å². The highest BCUT2D eigenvalue weighted by atomic mass is 16.5. The number of hydrogen-bond donors (Lipinski definition) is 0. The Morgan fingerprint density at radius 3 is 2.94 bits per heavy atom. The van der Waals surface area contributed by atoms with Crippen molar-refractivity contribution in [1.29, 1.82) is 0 Å². The second kappa shape index (κ2) is 3.72. The van der Waals surface area contributed by atoms with Gasteiger partial charge in [0, 0.05) is 6.42 Å². The molecule has 0 unspecified atom stereocenters. The Balaban J connectivity index is 2.32. The highest BCUT2D eigenvalue weighted by Gasteiger charge is 2.52. The maximum Gasteiger partial charge on any atom is 0.310 e. The molecule has 0 aromatic rings. The lowest BCUT2D eigenvalue weighted by Gasteiger charge is -2.45. The summed E-state index contributed by atoms with van der Waals surface area (Å²) in [6, 6.07) is 0. The molecule has 2 bridgehead atoms. The Kier molecular flexibility index (Phi) is 2.64. The zero-order chi connectivity index (χ0) is 11.9. The Labute approximate surface area is 95.9 Å². The number of fused-ring (bicyclic) bond motifs is 2. The van der Waals surface area contributed by atoms with E-state index < -0.39 is 5.41 Å². The number of hydrogen-bond acceptors (Lipinski definition) is 3. The first-order valence-electron chi connectivity index (χ1n) is 5.88. The van der Waals surface area contributed by atoms with Crippen LogP contribution in [0.3, 0.4) is 0 Å². The fourth-order valence-corrected chi connectivity index (χ4v) is 2.95. The Bertz CT molecular complexity index is 369. The maximum absolute atomic E-state index is 12.0. The largest absolute Gasteiger partial charge is 0.466 e. The van der Waals surface area contributed by atoms with Gasteiger partial charge in [0.25, 0.3) is 0 Å². The third-order valence-corrected chi connectivity index (χ3v) is 4.02. The number of allylic oxidation sites excluding steroid dienone is 2. The van der Waals surface area contributed by atoms with Gasteiger partial charge in [0.15, 0.2) is 0 Å². The van der Waals surface area contributed by atoms with Gasteiger partial charge in [-0.1, -0.05) is 11.6 Å². The van der Waals surface area contributed by atoms with Gasteiger partial charge in [-0.05, 0) is 33.1 Å². The van der Waals surface area contributed by atoms with Gasteiger partial charge in [0.1, 0.15) is 5.78 Å². The van der Waals surface area contributed by atoms with Crippen molar-refractivity contribution in [3.8, 4) is 0 Å². The van der Waals surface area contributed by atoms with Crippen molar-refractivity contribution in [1.82, 2.24) is 0 Å². The van der Waals surface area contributed by atoms with E-state index in [-0.39, 0.29) is 23.6 Å². The molecule has 3 aliphatic carbocycles. The SMILES string of the molecule is CCOC(=O)[C@H]1C[C@@H]2CC(=O)[C@@]1(C)C=C2C. The summed E-state index contributed by atoms with van der Waals surface area (Å²) in [4.78, 5) is 23.8. The Morgan fingerprint density at radius 1 is 1.62 bits per heavy atom. The summed E-state index contributed by atoms with van der Waals surface area (Å²) in [7, 11) is 0. The molecule has 88 valence electrons. The molecule has 0 aliphatic heterocycles. The highest BCUT2D eigenvalue weighted by molar-refractivity contribution is 5.94. The van der Waals surface area contributed by atoms with Crippen LogP contribution in [0.2, 0.25) is 0 Å². The quantitative estimate of drug-likeness (QED) is 0.531. The van der Waals surface area contributed by atoms with E-state index in [1.54, 1.807) is 6.92 Å². The maximum atomic E-state index is 12.0. The van der Waals surface area contributed by atoms with Crippen LogP contribution in [-0.4, -0.2) is 18.4 Å². The summed E-state index contributed by atoms with van der Waals surface area (Å²) in [5, 5.41) is 0. The minimum absolute atomic E-state index is 0.187. The second-order valence-electron chi connectivity index (χ2n) is 5.04. The molecule has 0 aromatic carbocycles. The van der Waals surface area contributed by atoms with Gasteiger partial charge < -0.3 is 4.74 Å². The van der Waals surface area contributed by atoms with E-state index in [4.69, 9.17) is 4.74 Å². The van der Waals surface area contributed by atoms with E-state index in [0.29, 0.717) is 13.0 Å². The molecule has 16 heavy (non-hydrogen) atoms. The lowest BCUT2D eigenvalue weighted by atomic mass is 9.57. The van der Waals surface area contributed by atoms with Gasteiger partial charge in [-0.2, -0.15) is 0 Å². The predicted octanol–water partition coefficient (Wildman–Crippen LogP) is 2.11. The van der Waals surface area contributed by atoms with Gasteiger partial charge in [-0.3, -0.25) is 9.59 Å². The third kappa shape index (κ3) is 1.49. The van der Waals surface area contributed by atoms with Crippen molar-refractivity contribution < 1.29 is 14.3 Å². The lowest BCUT2D eigenvalue weighted by molar-refractivity contribution is -0.159. The molecule has 3 rings (SSSR count). The molecule has 0 spiro atoms. The number of ketones is 1. The van der Waals surface area contributed by atoms with Crippen LogP contribution >= 0.6 is 0 Å². The zero-order valence-electron chi connectivity index (χ0n) is 10.1. The monoisotopic (exact) mass is 222 g/mol. The van der Waals surface area contributed by atoms with Crippen LogP contribution in [0.1, 0.15) is 33.6 Å². The van der Waals surface area contributed by atoms with Gasteiger partial charge in [0.2, 0.25) is 0 Å². The normalized spacial score (nSPS) is 37.2. The molecule has 0 saturated heterocycles. The second-order valence-corrected chi connectivity index (χ2v) is 5.04. The number of esters is 1. The van der Waals surface area contributed by atoms with Crippen molar-refractivity contribution in [3.63, 3.8) is 0 Å². The number of ether oxygens (including phenoxy) is 1. The topological polar surface area (TPSA) is 43.4 Å². The molecule has 0 radical (unpaired) electrons. The summed E-state index contributed by atoms with van der Waals surface area (Å²) in [6.45, 7) is 6.10. The Morgan fingerprint density at radius 2 is 2.31 bits per heavy atom. The van der Waals surface area contributed by atoms with Crippen LogP contribution in [0.5, 0.6) is 0 Å². The molecule has 3 aliphatic rings. The highest BCUT2D eigenvalue weighted by Crippen LogP contribution is 2.50. The van der Waals surface area contributed by atoms with E-state index in [9.17, 15) is 9.59 Å². The van der Waals surface area contributed by atoms with Crippen molar-refractivity contribution >= 4 is 11.8 Å². The number of carbonyl (C=O) groups is 2. The van der Waals surface area contributed by atoms with E-state index in [2.05, 4.69) is 6.92 Å². The summed E-state index contributed by atoms with van der Waals surface area (Å²) in [5.74, 6) is -0.0506. The standard InChI is InChI=1S/C13H18O3/c1-4-16-12(15)10-5-9-6-11(14)13(10,3)7-8(9)2/h7,9-10H,4-6H2,1-3H3/t9-,10-,13+/m1/s1. The molecule has 3 nitrogen and oxygen atoms in total. The van der Waals surface area contributed by atoms with Crippen LogP contribution in [0.25, 0.3) is 0 Å². The van der Waals surface area contributed by atoms with E-state index in [1.165, 1.54) is 5.57 Å². The lowest BCUT2D eigenvalue weighted by Crippen LogP contribution is -2.49. The summed E-state index contributed by atoms with van der Waals surface area (Å²) < 4.78 is 5.06. The third-order valence-electron chi connectivity index (χ3n) is 4.02. The van der Waals surface area contributed by atoms with Crippen LogP contribution < -0.4 is 0 Å². The van der Waals surface area contributed by atoms with Gasteiger partial charge in [-0.25, -0.2) is 0 Å². The molecule has 1 saturated carbocycles. The van der Waals surface area contributed by atoms with Crippen LogP contribution in [-0.2, 0) is 14.3 Å². The van der Waals surface area contributed by atoms with Crippen molar-refractivity contribution in [3.05, 3.63) is 11.6 Å². The van der Waals surface area contributed by atoms with Crippen LogP contribution in [0, 0.1) is 17.3 Å². The first-order valence-corrected chi connectivity index (χ1v) is 5.88. The summed E-state index contributed by atoms with van der Waals surface area (Å²) >= 11 is 0. The minimum Gasteiger partial charge on any atom is -0.466 e. The molecular weight excluding hydrogens is 204 g/mol. The summed E-state index contributed by atoms with van der Waals surface area (Å²) in [6.07, 6.45) is 3.34. The van der Waals surface area contributed by atoms with Crippen LogP contribution in [0.15, 0.2) is 11.6 Å². The fraction of sp³-hybridized carbons (Fsp3) is 0.692. The van der Waals surface area contributed by atoms with Gasteiger partial charge >= 0.3 is 5.97 Å². The molecule has 3 atom stereocenters. The average molecular weight is 222 g/mol. The first-order chi connectivity index (χ1) is 7.49. The molecule has 3 heteroatoms. The molecule has 0 aromatic heterocycles. The zero-order valence-corrected chi connectivity index (χ0v) is 10.1. The molecular formula is C13H18O3. The van der Waals surface area contributed by atoms with Gasteiger partial charge in [-0.15, -0.1) is 0 Å². The predicted molar refractivity (Wildman–Crippen MR) is 59.7 cm³/mol. The Hall–Kier alpha value is -1.12. The van der Waals surface area contributed by atoms with E-state index in [1.807, 2.05) is 13.0 Å². The average Bonchev–Trinajstić information content (AvgIpc) is 2.20. The van der Waals surface area contributed by atoms with E-state index in [0.717, 1.165) is 6.42 Å². The van der Waals surface area contributed by atoms with Gasteiger partial charge in [0.05, 0.1) is 17.9 Å². The molecule has 1 fully saturated rings. The smallest absolute Gasteiger partial charge is 0.310 e. The van der Waals surface area contributed by atoms with Crippen molar-refractivity contribution in [2.24, 2.45) is 17.3 Å². The summed E-state index contributed by atoms with van der Waals surface area (Å²) in [5.41, 5.74) is 0.632. The number of rotatable bonds is 2. The van der Waals surface area contributed by atoms with Crippen molar-refractivity contribution in [2.75, 3.05) is 6.61 Å². The van der Waals surface area contributed by atoms with Crippen molar-refractivity contribution in [2.45, 2.75) is 33.6 Å². The fourth-order valence-electron chi connectivity index (χ4n) is 2.95. The number of Topliss-reactive ketones (excluding diaryl/α,β-unsaturated/α-hetero) is 1. The molecule has 0 N–H and O–H groups in total. The molecule has 0 amide bonds. The molecule has 0 heterocycles. The minimum atomic E-state index is -0.620.